The Morgan fingerprint density at radius 1 is 1.62 bits per heavy atom. The predicted molar refractivity (Wildman–Crippen MR) is 61.0 cm³/mol. The SMILES string of the molecule is NC(=O)C(N)Cn1cnc2sccc2c1=O. The topological polar surface area (TPSA) is 104 Å². The van der Waals surface area contributed by atoms with Crippen LogP contribution in [-0.4, -0.2) is 21.5 Å². The van der Waals surface area contributed by atoms with E-state index in [-0.39, 0.29) is 12.1 Å². The molecule has 0 fully saturated rings. The molecule has 1 unspecified atom stereocenters. The van der Waals surface area contributed by atoms with Gasteiger partial charge >= 0.3 is 0 Å². The summed E-state index contributed by atoms with van der Waals surface area (Å²) in [4.78, 5) is 27.4. The van der Waals surface area contributed by atoms with Crippen molar-refractivity contribution in [1.82, 2.24) is 9.55 Å². The lowest BCUT2D eigenvalue weighted by Crippen LogP contribution is -2.42. The first kappa shape index (κ1) is 10.8. The van der Waals surface area contributed by atoms with Gasteiger partial charge in [-0.05, 0) is 11.4 Å². The van der Waals surface area contributed by atoms with E-state index in [0.717, 1.165) is 0 Å². The van der Waals surface area contributed by atoms with Gasteiger partial charge in [-0.25, -0.2) is 4.98 Å². The number of fused-ring (bicyclic) bond motifs is 1. The summed E-state index contributed by atoms with van der Waals surface area (Å²) >= 11 is 1.39. The van der Waals surface area contributed by atoms with Crippen LogP contribution in [0.1, 0.15) is 0 Å². The van der Waals surface area contributed by atoms with Crippen LogP contribution < -0.4 is 17.0 Å². The van der Waals surface area contributed by atoms with Gasteiger partial charge in [0.25, 0.3) is 5.56 Å². The lowest BCUT2D eigenvalue weighted by atomic mass is 10.3. The zero-order valence-corrected chi connectivity index (χ0v) is 9.11. The average molecular weight is 238 g/mol. The smallest absolute Gasteiger partial charge is 0.262 e. The summed E-state index contributed by atoms with van der Waals surface area (Å²) in [6.07, 6.45) is 1.38. The van der Waals surface area contributed by atoms with Gasteiger partial charge in [0.2, 0.25) is 5.91 Å². The summed E-state index contributed by atoms with van der Waals surface area (Å²) in [6.45, 7) is 0.0486. The number of amides is 1. The van der Waals surface area contributed by atoms with Crippen molar-refractivity contribution in [1.29, 1.82) is 0 Å². The molecule has 0 spiro atoms. The Bertz CT molecular complexity index is 588. The quantitative estimate of drug-likeness (QED) is 0.735. The van der Waals surface area contributed by atoms with E-state index < -0.39 is 11.9 Å². The fourth-order valence-electron chi connectivity index (χ4n) is 1.33. The number of hydrogen-bond acceptors (Lipinski definition) is 5. The van der Waals surface area contributed by atoms with Crippen LogP contribution in [0.15, 0.2) is 22.6 Å². The number of aromatic nitrogens is 2. The Morgan fingerprint density at radius 2 is 2.38 bits per heavy atom. The molecule has 16 heavy (non-hydrogen) atoms. The minimum absolute atomic E-state index is 0.0486. The number of rotatable bonds is 3. The van der Waals surface area contributed by atoms with Crippen LogP contribution >= 0.6 is 11.3 Å². The van der Waals surface area contributed by atoms with Crippen LogP contribution in [0.2, 0.25) is 0 Å². The van der Waals surface area contributed by atoms with Gasteiger partial charge in [0, 0.05) is 0 Å². The Kier molecular flexibility index (Phi) is 2.71. The summed E-state index contributed by atoms with van der Waals surface area (Å²) in [7, 11) is 0. The maximum absolute atomic E-state index is 11.9. The van der Waals surface area contributed by atoms with E-state index in [1.54, 1.807) is 11.4 Å². The molecule has 1 amide bonds. The van der Waals surface area contributed by atoms with Crippen LogP contribution in [0.25, 0.3) is 10.2 Å². The Labute approximate surface area is 94.5 Å². The molecule has 7 heteroatoms. The molecule has 0 aliphatic rings. The second kappa shape index (κ2) is 4.03. The molecule has 2 aromatic heterocycles. The second-order valence-electron chi connectivity index (χ2n) is 3.35. The monoisotopic (exact) mass is 238 g/mol. The van der Waals surface area contributed by atoms with Crippen molar-refractivity contribution in [3.63, 3.8) is 0 Å². The molecule has 0 saturated heterocycles. The summed E-state index contributed by atoms with van der Waals surface area (Å²) in [5, 5.41) is 2.32. The molecule has 6 nitrogen and oxygen atoms in total. The number of thiophene rings is 1. The maximum Gasteiger partial charge on any atom is 0.262 e. The molecular weight excluding hydrogens is 228 g/mol. The minimum Gasteiger partial charge on any atom is -0.368 e. The van der Waals surface area contributed by atoms with Gasteiger partial charge in [-0.1, -0.05) is 0 Å². The van der Waals surface area contributed by atoms with Gasteiger partial charge in [0.15, 0.2) is 0 Å². The van der Waals surface area contributed by atoms with Gasteiger partial charge in [-0.2, -0.15) is 0 Å². The van der Waals surface area contributed by atoms with Crippen molar-refractivity contribution in [2.75, 3.05) is 0 Å². The van der Waals surface area contributed by atoms with Crippen LogP contribution in [-0.2, 0) is 11.3 Å². The normalized spacial score (nSPS) is 12.8. The van der Waals surface area contributed by atoms with E-state index in [1.807, 2.05) is 0 Å². The van der Waals surface area contributed by atoms with Crippen molar-refractivity contribution in [2.24, 2.45) is 11.5 Å². The predicted octanol–water partition coefficient (Wildman–Crippen LogP) is -0.729. The van der Waals surface area contributed by atoms with Gasteiger partial charge < -0.3 is 11.5 Å². The molecule has 0 aromatic carbocycles. The van der Waals surface area contributed by atoms with Crippen LogP contribution in [0.4, 0.5) is 0 Å². The highest BCUT2D eigenvalue weighted by molar-refractivity contribution is 7.16. The third-order valence-corrected chi connectivity index (χ3v) is 3.03. The lowest BCUT2D eigenvalue weighted by Gasteiger charge is -2.09. The zero-order chi connectivity index (χ0) is 11.7. The average Bonchev–Trinajstić information content (AvgIpc) is 2.70. The molecule has 0 aliphatic carbocycles. The molecule has 0 bridgehead atoms. The summed E-state index contributed by atoms with van der Waals surface area (Å²) < 4.78 is 1.30. The first-order chi connectivity index (χ1) is 7.59. The lowest BCUT2D eigenvalue weighted by molar-refractivity contribution is -0.119. The highest BCUT2D eigenvalue weighted by atomic mass is 32.1. The minimum atomic E-state index is -0.879. The standard InChI is InChI=1S/C9H10N4O2S/c10-6(7(11)14)3-13-4-12-8-5(9(13)15)1-2-16-8/h1-2,4,6H,3,10H2,(H2,11,14). The van der Waals surface area contributed by atoms with Crippen molar-refractivity contribution in [2.45, 2.75) is 12.6 Å². The highest BCUT2D eigenvalue weighted by Crippen LogP contribution is 2.13. The van der Waals surface area contributed by atoms with Crippen molar-refractivity contribution < 1.29 is 4.79 Å². The number of primary amides is 1. The van der Waals surface area contributed by atoms with Gasteiger partial charge in [-0.3, -0.25) is 14.2 Å². The Morgan fingerprint density at radius 3 is 3.06 bits per heavy atom. The number of nitrogens with two attached hydrogens (primary N) is 2. The summed E-state index contributed by atoms with van der Waals surface area (Å²) in [6, 6.07) is 0.817. The fourth-order valence-corrected chi connectivity index (χ4v) is 2.05. The van der Waals surface area contributed by atoms with Crippen LogP contribution in [0.3, 0.4) is 0 Å². The first-order valence-corrected chi connectivity index (χ1v) is 5.45. The summed E-state index contributed by atoms with van der Waals surface area (Å²) in [5.41, 5.74) is 10.3. The van der Waals surface area contributed by atoms with Gasteiger partial charge in [0.05, 0.1) is 18.3 Å². The zero-order valence-electron chi connectivity index (χ0n) is 8.29. The van der Waals surface area contributed by atoms with E-state index in [4.69, 9.17) is 11.5 Å². The summed E-state index contributed by atoms with van der Waals surface area (Å²) in [5.74, 6) is -0.641. The van der Waals surface area contributed by atoms with Crippen LogP contribution in [0, 0.1) is 0 Å². The van der Waals surface area contributed by atoms with Crippen molar-refractivity contribution in [3.05, 3.63) is 28.1 Å². The molecule has 0 saturated carbocycles. The molecule has 0 aliphatic heterocycles. The molecule has 84 valence electrons. The number of nitrogens with zero attached hydrogens (tertiary/aromatic N) is 2. The van der Waals surface area contributed by atoms with E-state index in [1.165, 1.54) is 22.2 Å². The van der Waals surface area contributed by atoms with Gasteiger partial charge in [-0.15, -0.1) is 11.3 Å². The number of carbonyl (C=O) groups is 1. The van der Waals surface area contributed by atoms with Crippen molar-refractivity contribution in [3.8, 4) is 0 Å². The third kappa shape index (κ3) is 1.82. The van der Waals surface area contributed by atoms with E-state index in [0.29, 0.717) is 10.2 Å². The largest absolute Gasteiger partial charge is 0.368 e. The molecule has 4 N–H and O–H groups in total. The molecular formula is C9H10N4O2S. The van der Waals surface area contributed by atoms with Crippen LogP contribution in [0.5, 0.6) is 0 Å². The molecule has 2 aromatic rings. The second-order valence-corrected chi connectivity index (χ2v) is 4.24. The highest BCUT2D eigenvalue weighted by Gasteiger charge is 2.12. The number of carbonyl (C=O) groups excluding carboxylic acids is 1. The third-order valence-electron chi connectivity index (χ3n) is 2.21. The Balaban J connectivity index is 2.42. The maximum atomic E-state index is 11.9. The molecule has 2 rings (SSSR count). The first-order valence-electron chi connectivity index (χ1n) is 4.57. The molecule has 2 heterocycles. The van der Waals surface area contributed by atoms with E-state index >= 15 is 0 Å². The Hall–Kier alpha value is -1.73. The van der Waals surface area contributed by atoms with Crippen molar-refractivity contribution >= 4 is 27.5 Å². The molecule has 1 atom stereocenters. The van der Waals surface area contributed by atoms with Gasteiger partial charge in [0.1, 0.15) is 10.9 Å². The van der Waals surface area contributed by atoms with E-state index in [9.17, 15) is 9.59 Å². The molecule has 0 radical (unpaired) electrons. The number of hydrogen-bond donors (Lipinski definition) is 2. The fraction of sp³-hybridized carbons (Fsp3) is 0.222. The van der Waals surface area contributed by atoms with E-state index in [2.05, 4.69) is 4.98 Å².